The molecule has 1 N–H and O–H groups in total. The van der Waals surface area contributed by atoms with Crippen molar-refractivity contribution in [3.8, 4) is 0 Å². The van der Waals surface area contributed by atoms with E-state index in [1.165, 1.54) is 22.5 Å². The molecule has 1 aliphatic heterocycles. The van der Waals surface area contributed by atoms with Crippen molar-refractivity contribution in [1.82, 2.24) is 14.2 Å². The molecule has 0 saturated carbocycles. The predicted octanol–water partition coefficient (Wildman–Crippen LogP) is 2.88. The number of halogens is 1. The van der Waals surface area contributed by atoms with Gasteiger partial charge in [0, 0.05) is 48.2 Å². The Labute approximate surface area is 177 Å². The Morgan fingerprint density at radius 3 is 2.47 bits per heavy atom. The molecule has 1 aromatic heterocycles. The van der Waals surface area contributed by atoms with Crippen molar-refractivity contribution in [2.24, 2.45) is 0 Å². The summed E-state index contributed by atoms with van der Waals surface area (Å²) in [6.45, 7) is 0.446. The molecule has 3 aromatic rings. The van der Waals surface area contributed by atoms with E-state index in [-0.39, 0.29) is 37.0 Å². The molecule has 0 spiro atoms. The molecular weight excluding hydrogens is 432 g/mol. The molecule has 11 heteroatoms. The third-order valence-corrected chi connectivity index (χ3v) is 7.20. The van der Waals surface area contributed by atoms with Gasteiger partial charge in [-0.3, -0.25) is 14.9 Å². The molecule has 156 valence electrons. The highest BCUT2D eigenvalue weighted by atomic mass is 35.5. The summed E-state index contributed by atoms with van der Waals surface area (Å²) in [6.07, 6.45) is 0. The van der Waals surface area contributed by atoms with Gasteiger partial charge in [-0.05, 0) is 24.3 Å². The van der Waals surface area contributed by atoms with Crippen LogP contribution < -0.4 is 0 Å². The van der Waals surface area contributed by atoms with Crippen LogP contribution in [0.4, 0.5) is 5.69 Å². The third-order valence-electron chi connectivity index (χ3n) is 5.02. The number of carbonyl (C=O) groups excluding carboxylic acids is 1. The summed E-state index contributed by atoms with van der Waals surface area (Å²) >= 11 is 5.98. The fourth-order valence-electron chi connectivity index (χ4n) is 3.48. The van der Waals surface area contributed by atoms with Gasteiger partial charge < -0.3 is 9.88 Å². The minimum Gasteiger partial charge on any atom is -0.350 e. The van der Waals surface area contributed by atoms with Crippen LogP contribution in [0.3, 0.4) is 0 Å². The average Bonchev–Trinajstić information content (AvgIpc) is 3.16. The first-order valence-corrected chi connectivity index (χ1v) is 10.9. The largest absolute Gasteiger partial charge is 0.350 e. The number of benzene rings is 2. The molecule has 0 bridgehead atoms. The predicted molar refractivity (Wildman–Crippen MR) is 111 cm³/mol. The second-order valence-electron chi connectivity index (χ2n) is 6.84. The Hall–Kier alpha value is -2.95. The lowest BCUT2D eigenvalue weighted by Gasteiger charge is -2.33. The van der Waals surface area contributed by atoms with Gasteiger partial charge >= 0.3 is 0 Å². The number of hydrogen-bond acceptors (Lipinski definition) is 5. The van der Waals surface area contributed by atoms with Gasteiger partial charge in [-0.2, -0.15) is 4.31 Å². The highest BCUT2D eigenvalue weighted by Crippen LogP contribution is 2.27. The zero-order valence-electron chi connectivity index (χ0n) is 15.6. The topological polar surface area (TPSA) is 117 Å². The highest BCUT2D eigenvalue weighted by Gasteiger charge is 2.34. The van der Waals surface area contributed by atoms with Crippen LogP contribution in [0.25, 0.3) is 10.9 Å². The summed E-state index contributed by atoms with van der Waals surface area (Å²) in [5.41, 5.74) is 0.665. The van der Waals surface area contributed by atoms with Gasteiger partial charge in [0.2, 0.25) is 10.0 Å². The number of aromatic nitrogens is 1. The molecule has 1 fully saturated rings. The number of sulfonamides is 1. The first kappa shape index (κ1) is 20.3. The summed E-state index contributed by atoms with van der Waals surface area (Å²) in [5, 5.41) is 12.6. The van der Waals surface area contributed by atoms with E-state index in [2.05, 4.69) is 4.98 Å². The minimum atomic E-state index is -4.05. The van der Waals surface area contributed by atoms with Gasteiger partial charge in [-0.15, -0.1) is 0 Å². The van der Waals surface area contributed by atoms with Crippen molar-refractivity contribution < 1.29 is 18.1 Å². The third kappa shape index (κ3) is 3.64. The van der Waals surface area contributed by atoms with E-state index in [0.29, 0.717) is 10.7 Å². The lowest BCUT2D eigenvalue weighted by atomic mass is 10.2. The number of nitrogens with zero attached hydrogens (tertiary/aromatic N) is 3. The summed E-state index contributed by atoms with van der Waals surface area (Å²) in [6, 6.07) is 12.2. The SMILES string of the molecule is O=C(c1cc2ccc(Cl)cc2[nH]1)N1CCN(S(=O)(=O)c2ccccc2[N+](=O)[O-])CC1. The van der Waals surface area contributed by atoms with E-state index in [1.807, 2.05) is 6.07 Å². The maximum Gasteiger partial charge on any atom is 0.289 e. The van der Waals surface area contributed by atoms with Crippen molar-refractivity contribution >= 4 is 44.1 Å². The second-order valence-corrected chi connectivity index (χ2v) is 9.18. The van der Waals surface area contributed by atoms with Crippen LogP contribution in [-0.2, 0) is 10.0 Å². The number of rotatable bonds is 4. The minimum absolute atomic E-state index is 0.0478. The average molecular weight is 449 g/mol. The van der Waals surface area contributed by atoms with E-state index in [4.69, 9.17) is 11.6 Å². The second kappa shape index (κ2) is 7.71. The molecule has 1 saturated heterocycles. The molecule has 0 radical (unpaired) electrons. The van der Waals surface area contributed by atoms with Gasteiger partial charge in [0.1, 0.15) is 5.69 Å². The fourth-order valence-corrected chi connectivity index (χ4v) is 5.23. The van der Waals surface area contributed by atoms with E-state index >= 15 is 0 Å². The molecule has 0 unspecified atom stereocenters. The van der Waals surface area contributed by atoms with Crippen molar-refractivity contribution in [1.29, 1.82) is 0 Å². The molecule has 9 nitrogen and oxygen atoms in total. The number of carbonyl (C=O) groups is 1. The monoisotopic (exact) mass is 448 g/mol. The molecule has 0 aliphatic carbocycles. The maximum atomic E-state index is 12.9. The van der Waals surface area contributed by atoms with Gasteiger partial charge in [0.25, 0.3) is 11.6 Å². The highest BCUT2D eigenvalue weighted by molar-refractivity contribution is 7.89. The molecule has 4 rings (SSSR count). The number of aromatic amines is 1. The lowest BCUT2D eigenvalue weighted by Crippen LogP contribution is -2.50. The first-order valence-electron chi connectivity index (χ1n) is 9.08. The van der Waals surface area contributed by atoms with E-state index < -0.39 is 20.6 Å². The van der Waals surface area contributed by atoms with Crippen LogP contribution in [0, 0.1) is 10.1 Å². The number of fused-ring (bicyclic) bond motifs is 1. The normalized spacial score (nSPS) is 15.4. The maximum absolute atomic E-state index is 12.9. The summed E-state index contributed by atoms with van der Waals surface area (Å²) in [4.78, 5) is 27.6. The number of piperazine rings is 1. The van der Waals surface area contributed by atoms with Crippen LogP contribution in [0.1, 0.15) is 10.5 Å². The number of nitrogens with one attached hydrogen (secondary N) is 1. The molecule has 30 heavy (non-hydrogen) atoms. The summed E-state index contributed by atoms with van der Waals surface area (Å²) in [7, 11) is -4.05. The molecule has 2 aromatic carbocycles. The smallest absolute Gasteiger partial charge is 0.289 e. The van der Waals surface area contributed by atoms with E-state index in [9.17, 15) is 23.3 Å². The quantitative estimate of drug-likeness (QED) is 0.486. The van der Waals surface area contributed by atoms with E-state index in [0.717, 1.165) is 17.0 Å². The van der Waals surface area contributed by atoms with E-state index in [1.54, 1.807) is 23.1 Å². The van der Waals surface area contributed by atoms with Crippen molar-refractivity contribution in [2.75, 3.05) is 26.2 Å². The number of H-pyrrole nitrogens is 1. The lowest BCUT2D eigenvalue weighted by molar-refractivity contribution is -0.387. The number of hydrogen-bond donors (Lipinski definition) is 1. The Bertz CT molecular complexity index is 1250. The Balaban J connectivity index is 1.50. The number of nitro groups is 1. The van der Waals surface area contributed by atoms with Crippen LogP contribution >= 0.6 is 11.6 Å². The van der Waals surface area contributed by atoms with Gasteiger partial charge in [0.05, 0.1) is 4.92 Å². The molecular formula is C19H17ClN4O5S. The number of para-hydroxylation sites is 1. The summed E-state index contributed by atoms with van der Waals surface area (Å²) < 4.78 is 27.0. The zero-order chi connectivity index (χ0) is 21.5. The van der Waals surface area contributed by atoms with Crippen molar-refractivity contribution in [2.45, 2.75) is 4.90 Å². The van der Waals surface area contributed by atoms with Gasteiger partial charge in [0.15, 0.2) is 4.90 Å². The van der Waals surface area contributed by atoms with Crippen molar-refractivity contribution in [3.63, 3.8) is 0 Å². The van der Waals surface area contributed by atoms with Gasteiger partial charge in [-0.1, -0.05) is 29.8 Å². The number of nitro benzene ring substituents is 1. The van der Waals surface area contributed by atoms with Crippen LogP contribution in [0.5, 0.6) is 0 Å². The molecule has 1 aliphatic rings. The summed E-state index contributed by atoms with van der Waals surface area (Å²) in [5.74, 6) is -0.245. The Morgan fingerprint density at radius 1 is 1.07 bits per heavy atom. The zero-order valence-corrected chi connectivity index (χ0v) is 17.2. The molecule has 2 heterocycles. The molecule has 1 amide bonds. The van der Waals surface area contributed by atoms with Crippen LogP contribution in [-0.4, -0.2) is 59.6 Å². The van der Waals surface area contributed by atoms with Gasteiger partial charge in [-0.25, -0.2) is 8.42 Å². The number of amides is 1. The standard InChI is InChI=1S/C19H17ClN4O5S/c20-14-6-5-13-11-16(21-15(13)12-14)19(25)22-7-9-23(10-8-22)30(28,29)18-4-2-1-3-17(18)24(26)27/h1-6,11-12,21H,7-10H2. The fraction of sp³-hybridized carbons (Fsp3) is 0.211. The van der Waals surface area contributed by atoms with Crippen molar-refractivity contribution in [3.05, 3.63) is 69.4 Å². The van der Waals surface area contributed by atoms with Crippen LogP contribution in [0.15, 0.2) is 53.4 Å². The Kier molecular flexibility index (Phi) is 5.22. The first-order chi connectivity index (χ1) is 14.3. The van der Waals surface area contributed by atoms with Crippen LogP contribution in [0.2, 0.25) is 5.02 Å². The molecule has 0 atom stereocenters. The Morgan fingerprint density at radius 2 is 1.77 bits per heavy atom.